The normalized spacial score (nSPS) is 15.7. The molecule has 15 heteroatoms. The maximum atomic E-state index is 14.4. The second-order valence-corrected chi connectivity index (χ2v) is 13.7. The number of fused-ring (bicyclic) bond motifs is 1. The molecule has 0 spiro atoms. The summed E-state index contributed by atoms with van der Waals surface area (Å²) in [6, 6.07) is 17.3. The molecule has 1 aliphatic heterocycles. The SMILES string of the molecule is CN(C(=O)C(Cc1ccc(F)cc1)NC(=O)C(Cc1c[nH]c2ccccc12)NC(=O)C1CCCCN1C(=O)C(CCC(=O)O)NC(=O)CCl)c1ccccc1. The number of aromatic nitrogens is 1. The quantitative estimate of drug-likeness (QED) is 0.108. The van der Waals surface area contributed by atoms with Gasteiger partial charge < -0.3 is 35.8 Å². The van der Waals surface area contributed by atoms with Crippen LogP contribution in [0.25, 0.3) is 10.9 Å². The van der Waals surface area contributed by atoms with E-state index < -0.39 is 77.8 Å². The van der Waals surface area contributed by atoms with Crippen molar-refractivity contribution < 1.29 is 38.3 Å². The Balaban J connectivity index is 1.44. The number of alkyl halides is 1. The summed E-state index contributed by atoms with van der Waals surface area (Å²) in [5.41, 5.74) is 2.70. The van der Waals surface area contributed by atoms with Crippen molar-refractivity contribution in [2.24, 2.45) is 0 Å². The number of aromatic amines is 1. The molecule has 290 valence electrons. The summed E-state index contributed by atoms with van der Waals surface area (Å²) >= 11 is 5.67. The summed E-state index contributed by atoms with van der Waals surface area (Å²) < 4.78 is 13.8. The number of piperidine rings is 1. The predicted molar refractivity (Wildman–Crippen MR) is 205 cm³/mol. The van der Waals surface area contributed by atoms with Gasteiger partial charge in [-0.05, 0) is 67.1 Å². The van der Waals surface area contributed by atoms with E-state index in [1.54, 1.807) is 37.5 Å². The number of halogens is 2. The van der Waals surface area contributed by atoms with E-state index in [1.807, 2.05) is 30.3 Å². The van der Waals surface area contributed by atoms with Crippen molar-refractivity contribution in [2.45, 2.75) is 69.1 Å². The summed E-state index contributed by atoms with van der Waals surface area (Å²) in [6.45, 7) is 0.163. The Morgan fingerprint density at radius 1 is 0.891 bits per heavy atom. The smallest absolute Gasteiger partial charge is 0.303 e. The third-order valence-corrected chi connectivity index (χ3v) is 9.91. The van der Waals surface area contributed by atoms with Crippen LogP contribution < -0.4 is 20.9 Å². The number of benzene rings is 3. The number of anilines is 1. The minimum absolute atomic E-state index is 0.0151. The summed E-state index contributed by atoms with van der Waals surface area (Å²) in [4.78, 5) is 86.0. The van der Waals surface area contributed by atoms with Crippen LogP contribution in [0.15, 0.2) is 85.1 Å². The van der Waals surface area contributed by atoms with Crippen molar-refractivity contribution in [3.63, 3.8) is 0 Å². The van der Waals surface area contributed by atoms with Crippen LogP contribution in [0.2, 0.25) is 0 Å². The first-order valence-electron chi connectivity index (χ1n) is 18.1. The summed E-state index contributed by atoms with van der Waals surface area (Å²) in [5, 5.41) is 18.3. The second-order valence-electron chi connectivity index (χ2n) is 13.5. The van der Waals surface area contributed by atoms with E-state index in [2.05, 4.69) is 20.9 Å². The molecule has 1 saturated heterocycles. The highest BCUT2D eigenvalue weighted by molar-refractivity contribution is 6.27. The molecule has 2 heterocycles. The highest BCUT2D eigenvalue weighted by Crippen LogP contribution is 2.23. The van der Waals surface area contributed by atoms with Gasteiger partial charge >= 0.3 is 5.97 Å². The lowest BCUT2D eigenvalue weighted by molar-refractivity contribution is -0.146. The molecule has 1 fully saturated rings. The molecule has 1 aromatic heterocycles. The third kappa shape index (κ3) is 10.7. The van der Waals surface area contributed by atoms with Gasteiger partial charge in [0.25, 0.3) is 0 Å². The molecule has 0 bridgehead atoms. The number of carboxylic acids is 1. The van der Waals surface area contributed by atoms with E-state index in [-0.39, 0.29) is 32.2 Å². The average molecular weight is 775 g/mol. The maximum absolute atomic E-state index is 14.4. The van der Waals surface area contributed by atoms with Gasteiger partial charge in [-0.2, -0.15) is 0 Å². The third-order valence-electron chi connectivity index (χ3n) is 9.66. The van der Waals surface area contributed by atoms with Gasteiger partial charge in [-0.25, -0.2) is 4.39 Å². The lowest BCUT2D eigenvalue weighted by Crippen LogP contribution is -2.61. The number of nitrogens with one attached hydrogen (secondary N) is 4. The predicted octanol–water partition coefficient (Wildman–Crippen LogP) is 3.69. The summed E-state index contributed by atoms with van der Waals surface area (Å²) in [6.07, 6.45) is 2.56. The molecule has 5 amide bonds. The average Bonchev–Trinajstić information content (AvgIpc) is 3.61. The molecular weight excluding hydrogens is 731 g/mol. The molecular formula is C40H44ClFN6O7. The number of carboxylic acid groups (broad SMARTS) is 1. The van der Waals surface area contributed by atoms with Crippen molar-refractivity contribution in [1.82, 2.24) is 25.8 Å². The Morgan fingerprint density at radius 2 is 1.60 bits per heavy atom. The van der Waals surface area contributed by atoms with Gasteiger partial charge in [0.05, 0.1) is 0 Å². The Kier molecular flexibility index (Phi) is 14.0. The van der Waals surface area contributed by atoms with E-state index >= 15 is 0 Å². The zero-order valence-corrected chi connectivity index (χ0v) is 31.1. The van der Waals surface area contributed by atoms with Crippen LogP contribution in [0.4, 0.5) is 10.1 Å². The van der Waals surface area contributed by atoms with Crippen LogP contribution >= 0.6 is 11.6 Å². The number of rotatable bonds is 16. The van der Waals surface area contributed by atoms with Gasteiger partial charge in [0, 0.05) is 55.6 Å². The molecule has 1 aliphatic rings. The number of likely N-dealkylation sites (N-methyl/N-ethyl adjacent to an activating group) is 1. The van der Waals surface area contributed by atoms with Gasteiger partial charge in [0.2, 0.25) is 29.5 Å². The number of aliphatic carboxylic acids is 1. The van der Waals surface area contributed by atoms with Crippen LogP contribution in [0.5, 0.6) is 0 Å². The standard InChI is InChI=1S/C40H44ClFN6O7/c1-47(28-9-3-2-4-10-28)39(54)33(21-25-14-16-27(42)17-15-25)46-37(52)32(22-26-24-43-30-12-6-5-11-29(26)30)45-38(53)34-13-7-8-20-48(34)40(55)31(18-19-36(50)51)44-35(49)23-41/h2-6,9-12,14-17,24,31-34,43H,7-8,13,18-23H2,1H3,(H,44,49)(H,45,53)(H,46,52)(H,50,51). The maximum Gasteiger partial charge on any atom is 0.303 e. The van der Waals surface area contributed by atoms with Gasteiger partial charge in [-0.15, -0.1) is 11.6 Å². The fourth-order valence-electron chi connectivity index (χ4n) is 6.76. The summed E-state index contributed by atoms with van der Waals surface area (Å²) in [5.74, 6) is -5.10. The lowest BCUT2D eigenvalue weighted by Gasteiger charge is -2.37. The molecule has 4 aromatic rings. The van der Waals surface area contributed by atoms with Crippen LogP contribution in [-0.4, -0.2) is 94.1 Å². The van der Waals surface area contributed by atoms with Crippen molar-refractivity contribution in [2.75, 3.05) is 24.4 Å². The Morgan fingerprint density at radius 3 is 2.31 bits per heavy atom. The minimum Gasteiger partial charge on any atom is -0.481 e. The zero-order chi connectivity index (χ0) is 39.5. The molecule has 5 N–H and O–H groups in total. The molecule has 5 rings (SSSR count). The molecule has 4 unspecified atom stereocenters. The fourth-order valence-corrected chi connectivity index (χ4v) is 6.84. The number of amides is 5. The topological polar surface area (TPSA) is 181 Å². The number of carbonyl (C=O) groups is 6. The second kappa shape index (κ2) is 19.0. The van der Waals surface area contributed by atoms with Crippen molar-refractivity contribution >= 4 is 63.7 Å². The largest absolute Gasteiger partial charge is 0.481 e. The van der Waals surface area contributed by atoms with Gasteiger partial charge in [-0.1, -0.05) is 48.5 Å². The van der Waals surface area contributed by atoms with E-state index in [0.29, 0.717) is 29.7 Å². The van der Waals surface area contributed by atoms with Crippen LogP contribution in [0, 0.1) is 5.82 Å². The van der Waals surface area contributed by atoms with Crippen LogP contribution in [0.1, 0.15) is 43.2 Å². The molecule has 13 nitrogen and oxygen atoms in total. The van der Waals surface area contributed by atoms with Crippen molar-refractivity contribution in [3.8, 4) is 0 Å². The number of para-hydroxylation sites is 2. The number of hydrogen-bond acceptors (Lipinski definition) is 6. The Bertz CT molecular complexity index is 1990. The molecule has 0 aliphatic carbocycles. The van der Waals surface area contributed by atoms with E-state index in [1.165, 1.54) is 34.1 Å². The molecule has 0 saturated carbocycles. The number of nitrogens with zero attached hydrogens (tertiary/aromatic N) is 2. The first-order valence-corrected chi connectivity index (χ1v) is 18.6. The fraction of sp³-hybridized carbons (Fsp3) is 0.350. The number of likely N-dealkylation sites (tertiary alicyclic amines) is 1. The molecule has 0 radical (unpaired) electrons. The monoisotopic (exact) mass is 774 g/mol. The highest BCUT2D eigenvalue weighted by atomic mass is 35.5. The van der Waals surface area contributed by atoms with Gasteiger partial charge in [-0.3, -0.25) is 28.8 Å². The summed E-state index contributed by atoms with van der Waals surface area (Å²) in [7, 11) is 1.58. The lowest BCUT2D eigenvalue weighted by atomic mass is 9.97. The van der Waals surface area contributed by atoms with Crippen molar-refractivity contribution in [1.29, 1.82) is 0 Å². The molecule has 55 heavy (non-hydrogen) atoms. The number of H-pyrrole nitrogens is 1. The number of hydrogen-bond donors (Lipinski definition) is 5. The van der Waals surface area contributed by atoms with E-state index in [9.17, 15) is 38.3 Å². The van der Waals surface area contributed by atoms with Crippen LogP contribution in [-0.2, 0) is 41.6 Å². The van der Waals surface area contributed by atoms with E-state index in [0.717, 1.165) is 10.9 Å². The van der Waals surface area contributed by atoms with Crippen molar-refractivity contribution in [3.05, 3.63) is 102 Å². The highest BCUT2D eigenvalue weighted by Gasteiger charge is 2.38. The first-order chi connectivity index (χ1) is 26.4. The minimum atomic E-state index is -1.24. The number of carbonyl (C=O) groups excluding carboxylic acids is 5. The first kappa shape index (κ1) is 40.4. The molecule has 4 atom stereocenters. The Labute approximate surface area is 322 Å². The Hall–Kier alpha value is -5.76. The van der Waals surface area contributed by atoms with Crippen LogP contribution in [0.3, 0.4) is 0 Å². The van der Waals surface area contributed by atoms with Gasteiger partial charge in [0.15, 0.2) is 0 Å². The van der Waals surface area contributed by atoms with E-state index in [4.69, 9.17) is 11.6 Å². The van der Waals surface area contributed by atoms with Gasteiger partial charge in [0.1, 0.15) is 35.9 Å². The zero-order valence-electron chi connectivity index (χ0n) is 30.3. The molecule has 3 aromatic carbocycles.